The lowest BCUT2D eigenvalue weighted by atomic mass is 10.0. The minimum absolute atomic E-state index is 0.199. The summed E-state index contributed by atoms with van der Waals surface area (Å²) in [6.45, 7) is 18.2. The normalized spacial score (nSPS) is 11.8. The van der Waals surface area contributed by atoms with Crippen molar-refractivity contribution in [2.75, 3.05) is 0 Å². The van der Waals surface area contributed by atoms with Crippen LogP contribution in [0, 0.1) is 17.3 Å². The summed E-state index contributed by atoms with van der Waals surface area (Å²) in [5.74, 6) is 3.30. The van der Waals surface area contributed by atoms with Crippen molar-refractivity contribution in [1.82, 2.24) is 0 Å². The largest absolute Gasteiger partial charge is 0.207 e. The number of allylic oxidation sites excluding steroid dienone is 1. The summed E-state index contributed by atoms with van der Waals surface area (Å²) in [6, 6.07) is 6.59. The average Bonchev–Trinajstić information content (AvgIpc) is 2.50. The van der Waals surface area contributed by atoms with Crippen molar-refractivity contribution in [1.29, 1.82) is 0 Å². The Morgan fingerprint density at radius 1 is 1.00 bits per heavy atom. The first kappa shape index (κ1) is 20.7. The van der Waals surface area contributed by atoms with Gasteiger partial charge in [0.05, 0.1) is 0 Å². The van der Waals surface area contributed by atoms with Crippen LogP contribution in [0.2, 0.25) is 16.6 Å². The van der Waals surface area contributed by atoms with Gasteiger partial charge < -0.3 is 0 Å². The maximum absolute atomic E-state index is 13.0. The summed E-state index contributed by atoms with van der Waals surface area (Å²) in [6.07, 6.45) is 2.85. The van der Waals surface area contributed by atoms with Gasteiger partial charge in [-0.15, -0.1) is 11.5 Å². The van der Waals surface area contributed by atoms with Crippen molar-refractivity contribution in [2.24, 2.45) is 0 Å². The molecule has 132 valence electrons. The first-order chi connectivity index (χ1) is 11.2. The molecule has 1 rings (SSSR count). The second-order valence-corrected chi connectivity index (χ2v) is 13.2. The molecule has 0 radical (unpaired) electrons. The van der Waals surface area contributed by atoms with Crippen molar-refractivity contribution in [3.8, 4) is 11.5 Å². The Morgan fingerprint density at radius 3 is 1.96 bits per heavy atom. The van der Waals surface area contributed by atoms with Crippen LogP contribution in [0.5, 0.6) is 0 Å². The number of rotatable bonds is 7. The van der Waals surface area contributed by atoms with Crippen LogP contribution in [-0.4, -0.2) is 8.07 Å². The first-order valence-electron chi connectivity index (χ1n) is 9.15. The number of halogens is 1. The molecule has 0 aliphatic heterocycles. The third-order valence-corrected chi connectivity index (χ3v) is 11.5. The lowest BCUT2D eigenvalue weighted by Crippen LogP contribution is -2.43. The highest BCUT2D eigenvalue weighted by molar-refractivity contribution is 6.90. The Morgan fingerprint density at radius 2 is 1.50 bits per heavy atom. The van der Waals surface area contributed by atoms with Crippen LogP contribution in [0.25, 0.3) is 5.57 Å². The maximum atomic E-state index is 13.0. The average molecular weight is 345 g/mol. The fourth-order valence-corrected chi connectivity index (χ4v) is 9.17. The van der Waals surface area contributed by atoms with E-state index >= 15 is 0 Å². The second-order valence-electron chi connectivity index (χ2n) is 7.66. The van der Waals surface area contributed by atoms with E-state index in [1.165, 1.54) is 12.1 Å². The summed E-state index contributed by atoms with van der Waals surface area (Å²) >= 11 is 0. The van der Waals surface area contributed by atoms with Crippen molar-refractivity contribution in [3.05, 3.63) is 42.2 Å². The van der Waals surface area contributed by atoms with E-state index in [2.05, 4.69) is 59.6 Å². The van der Waals surface area contributed by atoms with Gasteiger partial charge in [0.25, 0.3) is 0 Å². The Bertz CT molecular complexity index is 563. The minimum Gasteiger partial charge on any atom is -0.207 e. The summed E-state index contributed by atoms with van der Waals surface area (Å²) in [5, 5.41) is 0. The minimum atomic E-state index is -1.60. The lowest BCUT2D eigenvalue weighted by molar-refractivity contribution is 0.627. The molecule has 24 heavy (non-hydrogen) atoms. The molecule has 0 fully saturated rings. The summed E-state index contributed by atoms with van der Waals surface area (Å²) in [7, 11) is -1.60. The van der Waals surface area contributed by atoms with Crippen molar-refractivity contribution >= 4 is 13.6 Å². The first-order valence-corrected chi connectivity index (χ1v) is 11.4. The quantitative estimate of drug-likeness (QED) is 0.278. The van der Waals surface area contributed by atoms with E-state index < -0.39 is 8.07 Å². The highest BCUT2D eigenvalue weighted by atomic mass is 28.3. The molecule has 0 heterocycles. The number of hydrogen-bond donors (Lipinski definition) is 0. The van der Waals surface area contributed by atoms with Crippen LogP contribution in [0.4, 0.5) is 4.39 Å². The van der Waals surface area contributed by atoms with Gasteiger partial charge in [0.2, 0.25) is 0 Å². The third kappa shape index (κ3) is 5.08. The zero-order chi connectivity index (χ0) is 18.3. The fourth-order valence-electron chi connectivity index (χ4n) is 3.87. The van der Waals surface area contributed by atoms with Crippen LogP contribution < -0.4 is 0 Å². The number of hydrogen-bond acceptors (Lipinski definition) is 0. The van der Waals surface area contributed by atoms with Crippen LogP contribution in [-0.2, 0) is 0 Å². The van der Waals surface area contributed by atoms with Gasteiger partial charge in [-0.05, 0) is 52.7 Å². The van der Waals surface area contributed by atoms with Gasteiger partial charge >= 0.3 is 0 Å². The van der Waals surface area contributed by atoms with Crippen LogP contribution in [0.1, 0.15) is 66.4 Å². The van der Waals surface area contributed by atoms with E-state index in [0.29, 0.717) is 16.6 Å². The van der Waals surface area contributed by atoms with Crippen LogP contribution in [0.15, 0.2) is 30.8 Å². The van der Waals surface area contributed by atoms with Gasteiger partial charge in [0, 0.05) is 6.42 Å². The van der Waals surface area contributed by atoms with Crippen molar-refractivity contribution in [3.63, 3.8) is 0 Å². The van der Waals surface area contributed by atoms with Gasteiger partial charge in [0.15, 0.2) is 0 Å². The molecule has 2 heteroatoms. The molecule has 0 atom stereocenters. The highest BCUT2D eigenvalue weighted by Gasteiger charge is 2.41. The van der Waals surface area contributed by atoms with E-state index in [9.17, 15) is 4.39 Å². The van der Waals surface area contributed by atoms with E-state index in [0.717, 1.165) is 30.4 Å². The third-order valence-electron chi connectivity index (χ3n) is 5.20. The van der Waals surface area contributed by atoms with E-state index in [-0.39, 0.29) is 5.82 Å². The van der Waals surface area contributed by atoms with Gasteiger partial charge in [-0.1, -0.05) is 60.3 Å². The number of unbranched alkanes of at least 4 members (excludes halogenated alkanes) is 1. The Kier molecular flexibility index (Phi) is 7.96. The second kappa shape index (κ2) is 9.23. The smallest absolute Gasteiger partial charge is 0.145 e. The van der Waals surface area contributed by atoms with Crippen LogP contribution in [0.3, 0.4) is 0 Å². The van der Waals surface area contributed by atoms with Crippen LogP contribution >= 0.6 is 0 Å². The zero-order valence-electron chi connectivity index (χ0n) is 16.2. The lowest BCUT2D eigenvalue weighted by Gasteiger charge is -2.38. The SMILES string of the molecule is C=C(CCCC#C[Si](C(C)C)(C(C)C)C(C)C)c1ccc(F)cc1. The predicted molar refractivity (Wildman–Crippen MR) is 108 cm³/mol. The maximum Gasteiger partial charge on any atom is 0.145 e. The fraction of sp³-hybridized carbons (Fsp3) is 0.545. The van der Waals surface area contributed by atoms with E-state index in [1.54, 1.807) is 12.1 Å². The molecule has 0 bridgehead atoms. The molecule has 0 aliphatic rings. The molecular formula is C22H33FSi. The van der Waals surface area contributed by atoms with Gasteiger partial charge in [0.1, 0.15) is 13.9 Å². The number of benzene rings is 1. The molecular weight excluding hydrogens is 311 g/mol. The summed E-state index contributed by atoms with van der Waals surface area (Å²) in [5.41, 5.74) is 7.90. The molecule has 1 aromatic carbocycles. The zero-order valence-corrected chi connectivity index (χ0v) is 17.2. The molecule has 0 N–H and O–H groups in total. The van der Waals surface area contributed by atoms with Gasteiger partial charge in [-0.3, -0.25) is 0 Å². The molecule has 0 amide bonds. The molecule has 1 aromatic rings. The Labute approximate surface area is 149 Å². The topological polar surface area (TPSA) is 0 Å². The monoisotopic (exact) mass is 344 g/mol. The highest BCUT2D eigenvalue weighted by Crippen LogP contribution is 2.40. The predicted octanol–water partition coefficient (Wildman–Crippen LogP) is 7.23. The van der Waals surface area contributed by atoms with Gasteiger partial charge in [-0.2, -0.15) is 0 Å². The van der Waals surface area contributed by atoms with Crippen molar-refractivity contribution < 1.29 is 4.39 Å². The Balaban J connectivity index is 2.65. The standard InChI is InChI=1S/C22H33FSi/c1-17(2)24(18(3)4,19(5)6)16-10-8-9-11-20(7)21-12-14-22(23)15-13-21/h12-15,17-19H,7-9,11H2,1-6H3. The molecule has 0 aromatic heterocycles. The molecule has 0 nitrogen and oxygen atoms in total. The molecule has 0 spiro atoms. The summed E-state index contributed by atoms with van der Waals surface area (Å²) < 4.78 is 13.0. The Hall–Kier alpha value is -1.33. The van der Waals surface area contributed by atoms with Gasteiger partial charge in [-0.25, -0.2) is 4.39 Å². The molecule has 0 aliphatic carbocycles. The molecule has 0 unspecified atom stereocenters. The van der Waals surface area contributed by atoms with Crippen molar-refractivity contribution in [2.45, 2.75) is 77.4 Å². The summed E-state index contributed by atoms with van der Waals surface area (Å²) in [4.78, 5) is 0. The van der Waals surface area contributed by atoms with E-state index in [4.69, 9.17) is 0 Å². The molecule has 0 saturated carbocycles. The molecule has 0 saturated heterocycles. The van der Waals surface area contributed by atoms with E-state index in [1.807, 2.05) is 0 Å².